The van der Waals surface area contributed by atoms with E-state index >= 15 is 0 Å². The summed E-state index contributed by atoms with van der Waals surface area (Å²) in [5, 5.41) is 0.546. The van der Waals surface area contributed by atoms with Crippen LogP contribution in [-0.2, 0) is 16.1 Å². The number of fused-ring (bicyclic) bond motifs is 1. The van der Waals surface area contributed by atoms with Gasteiger partial charge in [0.15, 0.2) is 0 Å². The van der Waals surface area contributed by atoms with Gasteiger partial charge in [0.1, 0.15) is 0 Å². The van der Waals surface area contributed by atoms with Gasteiger partial charge in [-0.3, -0.25) is 19.0 Å². The molecule has 0 radical (unpaired) electrons. The van der Waals surface area contributed by atoms with Gasteiger partial charge in [-0.25, -0.2) is 4.98 Å². The van der Waals surface area contributed by atoms with Crippen molar-refractivity contribution >= 4 is 22.7 Å². The van der Waals surface area contributed by atoms with Gasteiger partial charge in [0.25, 0.3) is 5.56 Å². The second kappa shape index (κ2) is 8.60. The first kappa shape index (κ1) is 19.6. The third kappa shape index (κ3) is 4.28. The van der Waals surface area contributed by atoms with Crippen LogP contribution in [0.4, 0.5) is 0 Å². The number of para-hydroxylation sites is 1. The largest absolute Gasteiger partial charge is 0.342 e. The minimum atomic E-state index is -0.179. The molecule has 1 heterocycles. The Morgan fingerprint density at radius 3 is 2.50 bits per heavy atom. The van der Waals surface area contributed by atoms with E-state index in [9.17, 15) is 14.4 Å². The number of nitrogens with zero attached hydrogens (tertiary/aromatic N) is 4. The minimum Gasteiger partial charge on any atom is -0.342 e. The summed E-state index contributed by atoms with van der Waals surface area (Å²) in [6, 6.07) is 5.47. The van der Waals surface area contributed by atoms with Crippen LogP contribution in [0.25, 0.3) is 10.9 Å². The van der Waals surface area contributed by atoms with E-state index in [1.165, 1.54) is 15.8 Å². The summed E-state index contributed by atoms with van der Waals surface area (Å²) in [6.07, 6.45) is 1.62. The lowest BCUT2D eigenvalue weighted by Gasteiger charge is -2.23. The summed E-state index contributed by atoms with van der Waals surface area (Å²) in [6.45, 7) is 7.24. The summed E-state index contributed by atoms with van der Waals surface area (Å²) < 4.78 is 1.44. The Kier molecular flexibility index (Phi) is 6.49. The quantitative estimate of drug-likeness (QED) is 0.750. The number of benzene rings is 1. The van der Waals surface area contributed by atoms with Gasteiger partial charge in [0.2, 0.25) is 11.8 Å². The zero-order valence-electron chi connectivity index (χ0n) is 15.9. The number of amides is 2. The molecule has 0 bridgehead atoms. The lowest BCUT2D eigenvalue weighted by atomic mass is 10.1. The predicted molar refractivity (Wildman–Crippen MR) is 101 cm³/mol. The first-order valence-electron chi connectivity index (χ1n) is 8.85. The van der Waals surface area contributed by atoms with Gasteiger partial charge < -0.3 is 9.80 Å². The zero-order valence-corrected chi connectivity index (χ0v) is 15.9. The van der Waals surface area contributed by atoms with Crippen LogP contribution in [-0.4, -0.2) is 57.8 Å². The van der Waals surface area contributed by atoms with Crippen molar-refractivity contribution in [3.05, 3.63) is 40.4 Å². The molecule has 1 aromatic carbocycles. The molecule has 0 aliphatic rings. The Labute approximate surface area is 153 Å². The fourth-order valence-corrected chi connectivity index (χ4v) is 2.87. The SMILES string of the molecule is CCN(CC)C(=O)CN(C)C(=O)CCn1cnc2c(C)cccc2c1=O. The summed E-state index contributed by atoms with van der Waals surface area (Å²) >= 11 is 0. The summed E-state index contributed by atoms with van der Waals surface area (Å²) in [5.74, 6) is -0.257. The molecule has 2 amide bonds. The number of rotatable bonds is 7. The fraction of sp³-hybridized carbons (Fsp3) is 0.474. The molecule has 0 aliphatic heterocycles. The van der Waals surface area contributed by atoms with Crippen LogP contribution < -0.4 is 5.56 Å². The van der Waals surface area contributed by atoms with E-state index in [2.05, 4.69) is 4.98 Å². The van der Waals surface area contributed by atoms with E-state index < -0.39 is 0 Å². The van der Waals surface area contributed by atoms with Crippen molar-refractivity contribution in [2.45, 2.75) is 33.7 Å². The Balaban J connectivity index is 2.03. The Morgan fingerprint density at radius 1 is 1.15 bits per heavy atom. The van der Waals surface area contributed by atoms with Gasteiger partial charge in [0, 0.05) is 33.1 Å². The molecule has 0 saturated heterocycles. The second-order valence-electron chi connectivity index (χ2n) is 6.28. The summed E-state index contributed by atoms with van der Waals surface area (Å²) in [4.78, 5) is 44.4. The van der Waals surface area contributed by atoms with Gasteiger partial charge in [-0.15, -0.1) is 0 Å². The van der Waals surface area contributed by atoms with E-state index in [0.717, 1.165) is 5.56 Å². The van der Waals surface area contributed by atoms with E-state index in [1.807, 2.05) is 32.9 Å². The van der Waals surface area contributed by atoms with E-state index in [1.54, 1.807) is 18.0 Å². The second-order valence-corrected chi connectivity index (χ2v) is 6.28. The molecular formula is C19H26N4O3. The first-order chi connectivity index (χ1) is 12.4. The maximum absolute atomic E-state index is 12.5. The number of hydrogen-bond donors (Lipinski definition) is 0. The van der Waals surface area contributed by atoms with Crippen molar-refractivity contribution < 1.29 is 9.59 Å². The third-order valence-corrected chi connectivity index (χ3v) is 4.54. The van der Waals surface area contributed by atoms with Gasteiger partial charge in [-0.1, -0.05) is 12.1 Å². The van der Waals surface area contributed by atoms with E-state index in [0.29, 0.717) is 24.0 Å². The third-order valence-electron chi connectivity index (χ3n) is 4.54. The first-order valence-corrected chi connectivity index (χ1v) is 8.85. The highest BCUT2D eigenvalue weighted by atomic mass is 16.2. The van der Waals surface area contributed by atoms with Crippen LogP contribution in [0.5, 0.6) is 0 Å². The number of aromatic nitrogens is 2. The molecule has 0 N–H and O–H groups in total. The zero-order chi connectivity index (χ0) is 19.3. The van der Waals surface area contributed by atoms with Gasteiger partial charge in [-0.2, -0.15) is 0 Å². The predicted octanol–water partition coefficient (Wildman–Crippen LogP) is 1.42. The van der Waals surface area contributed by atoms with Crippen LogP contribution in [0.15, 0.2) is 29.3 Å². The van der Waals surface area contributed by atoms with Crippen molar-refractivity contribution in [2.24, 2.45) is 0 Å². The monoisotopic (exact) mass is 358 g/mol. The fourth-order valence-electron chi connectivity index (χ4n) is 2.87. The molecule has 140 valence electrons. The smallest absolute Gasteiger partial charge is 0.261 e. The molecule has 26 heavy (non-hydrogen) atoms. The van der Waals surface area contributed by atoms with Gasteiger partial charge in [-0.05, 0) is 32.4 Å². The van der Waals surface area contributed by atoms with Crippen molar-refractivity contribution in [1.82, 2.24) is 19.4 Å². The van der Waals surface area contributed by atoms with Gasteiger partial charge >= 0.3 is 0 Å². The molecule has 7 heteroatoms. The highest BCUT2D eigenvalue weighted by molar-refractivity contribution is 5.84. The molecule has 0 atom stereocenters. The Hall–Kier alpha value is -2.70. The topological polar surface area (TPSA) is 75.5 Å². The molecule has 0 fully saturated rings. The molecule has 7 nitrogen and oxygen atoms in total. The number of likely N-dealkylation sites (N-methyl/N-ethyl adjacent to an activating group) is 2. The van der Waals surface area contributed by atoms with Crippen LogP contribution >= 0.6 is 0 Å². The van der Waals surface area contributed by atoms with Crippen molar-refractivity contribution in [1.29, 1.82) is 0 Å². The van der Waals surface area contributed by atoms with Crippen molar-refractivity contribution in [3.63, 3.8) is 0 Å². The molecule has 2 rings (SSSR count). The Bertz CT molecular complexity index is 855. The lowest BCUT2D eigenvalue weighted by Crippen LogP contribution is -2.41. The molecular weight excluding hydrogens is 332 g/mol. The van der Waals surface area contributed by atoms with Crippen LogP contribution in [0, 0.1) is 6.92 Å². The van der Waals surface area contributed by atoms with E-state index in [-0.39, 0.29) is 36.9 Å². The van der Waals surface area contributed by atoms with E-state index in [4.69, 9.17) is 0 Å². The maximum Gasteiger partial charge on any atom is 0.261 e. The molecule has 0 spiro atoms. The van der Waals surface area contributed by atoms with Crippen molar-refractivity contribution in [3.8, 4) is 0 Å². The number of hydrogen-bond acceptors (Lipinski definition) is 4. The summed E-state index contributed by atoms with van der Waals surface area (Å²) in [7, 11) is 1.61. The number of carbonyl (C=O) groups excluding carboxylic acids is 2. The van der Waals surface area contributed by atoms with Gasteiger partial charge in [0.05, 0.1) is 23.8 Å². The average Bonchev–Trinajstić information content (AvgIpc) is 2.62. The summed E-state index contributed by atoms with van der Waals surface area (Å²) in [5.41, 5.74) is 1.47. The molecule has 0 aliphatic carbocycles. The average molecular weight is 358 g/mol. The molecule has 1 aromatic heterocycles. The van der Waals surface area contributed by atoms with Crippen molar-refractivity contribution in [2.75, 3.05) is 26.7 Å². The van der Waals surface area contributed by atoms with Crippen LogP contribution in [0.2, 0.25) is 0 Å². The molecule has 0 saturated carbocycles. The lowest BCUT2D eigenvalue weighted by molar-refractivity contribution is -0.139. The minimum absolute atomic E-state index is 0.0462. The van der Waals surface area contributed by atoms with Crippen LogP contribution in [0.3, 0.4) is 0 Å². The van der Waals surface area contributed by atoms with Crippen LogP contribution in [0.1, 0.15) is 25.8 Å². The normalized spacial score (nSPS) is 10.8. The molecule has 2 aromatic rings. The molecule has 0 unspecified atom stereocenters. The standard InChI is InChI=1S/C19H26N4O3/c1-5-22(6-2)17(25)12-21(4)16(24)10-11-23-13-20-18-14(3)8-7-9-15(18)19(23)26/h7-9,13H,5-6,10-12H2,1-4H3. The number of carbonyl (C=O) groups is 2. The number of aryl methyl sites for hydroxylation is 2. The maximum atomic E-state index is 12.5. The highest BCUT2D eigenvalue weighted by Gasteiger charge is 2.16. The Morgan fingerprint density at radius 2 is 1.85 bits per heavy atom. The highest BCUT2D eigenvalue weighted by Crippen LogP contribution is 2.11.